The van der Waals surface area contributed by atoms with E-state index in [9.17, 15) is 4.79 Å². The van der Waals surface area contributed by atoms with Crippen LogP contribution in [0.3, 0.4) is 0 Å². The number of esters is 1. The molecule has 2 rings (SSSR count). The highest BCUT2D eigenvalue weighted by molar-refractivity contribution is 5.72. The molecule has 0 aliphatic carbocycles. The van der Waals surface area contributed by atoms with E-state index in [1.54, 1.807) is 13.3 Å². The van der Waals surface area contributed by atoms with Gasteiger partial charge in [-0.3, -0.25) is 0 Å². The van der Waals surface area contributed by atoms with Crippen molar-refractivity contribution in [3.63, 3.8) is 0 Å². The highest BCUT2D eigenvalue weighted by atomic mass is 16.5. The number of nitrogens with zero attached hydrogens (tertiary/aromatic N) is 1. The molecule has 0 fully saturated rings. The van der Waals surface area contributed by atoms with E-state index in [4.69, 9.17) is 4.74 Å². The molecule has 0 saturated carbocycles. The minimum absolute atomic E-state index is 0.216. The number of hydrogen-bond donors (Lipinski definition) is 1. The number of aromatic nitrogens is 2. The number of imidazole rings is 1. The number of hydrogen-bond acceptors (Lipinski definition) is 2. The lowest BCUT2D eigenvalue weighted by molar-refractivity contribution is -0.659. The van der Waals surface area contributed by atoms with E-state index < -0.39 is 0 Å². The summed E-state index contributed by atoms with van der Waals surface area (Å²) in [6, 6.07) is 7.83. The Morgan fingerprint density at radius 2 is 2.27 bits per heavy atom. The Kier molecular flexibility index (Phi) is 2.67. The maximum atomic E-state index is 11.3. The van der Waals surface area contributed by atoms with Gasteiger partial charge in [-0.15, -0.1) is 0 Å². The molecule has 0 saturated heterocycles. The molecule has 1 heterocycles. The van der Waals surface area contributed by atoms with Crippen molar-refractivity contribution in [2.45, 2.75) is 13.5 Å². The predicted octanol–water partition coefficient (Wildman–Crippen LogP) is 1.02. The molecule has 0 spiro atoms. The van der Waals surface area contributed by atoms with Crippen LogP contribution in [-0.4, -0.2) is 17.6 Å². The zero-order valence-electron chi connectivity index (χ0n) is 8.56. The van der Waals surface area contributed by atoms with E-state index in [-0.39, 0.29) is 12.5 Å². The number of para-hydroxylation sites is 2. The Labute approximate surface area is 87.5 Å². The molecule has 78 valence electrons. The number of aromatic amines is 1. The standard InChI is InChI=1S/C11H12N2O2/c1-2-15-11(14)7-13-8-12-9-5-3-4-6-10(9)13/h3-6,8H,2,7H2,1H3/p+1. The van der Waals surface area contributed by atoms with Crippen LogP contribution in [0.2, 0.25) is 0 Å². The van der Waals surface area contributed by atoms with E-state index in [0.29, 0.717) is 6.61 Å². The fourth-order valence-corrected chi connectivity index (χ4v) is 1.54. The minimum Gasteiger partial charge on any atom is -0.463 e. The number of carbonyl (C=O) groups is 1. The van der Waals surface area contributed by atoms with Crippen molar-refractivity contribution in [1.29, 1.82) is 0 Å². The van der Waals surface area contributed by atoms with Gasteiger partial charge in [-0.2, -0.15) is 0 Å². The lowest BCUT2D eigenvalue weighted by Gasteiger charge is -1.98. The van der Waals surface area contributed by atoms with Crippen molar-refractivity contribution in [3.8, 4) is 0 Å². The first kappa shape index (κ1) is 9.71. The van der Waals surface area contributed by atoms with E-state index in [1.807, 2.05) is 28.8 Å². The van der Waals surface area contributed by atoms with Crippen molar-refractivity contribution < 1.29 is 14.1 Å². The highest BCUT2D eigenvalue weighted by Crippen LogP contribution is 2.05. The average molecular weight is 205 g/mol. The maximum Gasteiger partial charge on any atom is 0.348 e. The number of carbonyl (C=O) groups excluding carboxylic acids is 1. The Balaban J connectivity index is 2.25. The van der Waals surface area contributed by atoms with Crippen LogP contribution in [0.1, 0.15) is 6.92 Å². The fourth-order valence-electron chi connectivity index (χ4n) is 1.54. The first-order chi connectivity index (χ1) is 7.31. The lowest BCUT2D eigenvalue weighted by Crippen LogP contribution is -2.37. The number of fused-ring (bicyclic) bond motifs is 1. The summed E-state index contributed by atoms with van der Waals surface area (Å²) in [6.07, 6.45) is 1.78. The second-order valence-electron chi connectivity index (χ2n) is 3.22. The summed E-state index contributed by atoms with van der Waals surface area (Å²) in [7, 11) is 0. The first-order valence-corrected chi connectivity index (χ1v) is 4.92. The van der Waals surface area contributed by atoms with Gasteiger partial charge in [0.2, 0.25) is 6.33 Å². The van der Waals surface area contributed by atoms with Crippen LogP contribution in [-0.2, 0) is 16.1 Å². The fraction of sp³-hybridized carbons (Fsp3) is 0.273. The number of nitrogens with one attached hydrogen (secondary N) is 1. The number of rotatable bonds is 3. The third-order valence-corrected chi connectivity index (χ3v) is 2.19. The molecule has 0 bridgehead atoms. The largest absolute Gasteiger partial charge is 0.463 e. The summed E-state index contributed by atoms with van der Waals surface area (Å²) in [5.74, 6) is -0.216. The molecule has 0 amide bonds. The van der Waals surface area contributed by atoms with Crippen molar-refractivity contribution in [3.05, 3.63) is 30.6 Å². The van der Waals surface area contributed by atoms with Gasteiger partial charge >= 0.3 is 5.97 Å². The van der Waals surface area contributed by atoms with Gasteiger partial charge in [0.05, 0.1) is 6.61 Å². The van der Waals surface area contributed by atoms with Gasteiger partial charge in [0, 0.05) is 0 Å². The zero-order chi connectivity index (χ0) is 10.7. The van der Waals surface area contributed by atoms with E-state index in [0.717, 1.165) is 11.0 Å². The molecule has 2 aromatic rings. The van der Waals surface area contributed by atoms with E-state index in [2.05, 4.69) is 4.98 Å². The maximum absolute atomic E-state index is 11.3. The van der Waals surface area contributed by atoms with Gasteiger partial charge in [-0.25, -0.2) is 14.3 Å². The van der Waals surface area contributed by atoms with Crippen LogP contribution in [0.15, 0.2) is 30.6 Å². The predicted molar refractivity (Wildman–Crippen MR) is 55.1 cm³/mol. The molecule has 0 radical (unpaired) electrons. The van der Waals surface area contributed by atoms with Crippen LogP contribution < -0.4 is 4.57 Å². The Bertz CT molecular complexity index is 476. The zero-order valence-corrected chi connectivity index (χ0v) is 8.56. The third-order valence-electron chi connectivity index (χ3n) is 2.19. The highest BCUT2D eigenvalue weighted by Gasteiger charge is 2.12. The second-order valence-corrected chi connectivity index (χ2v) is 3.22. The van der Waals surface area contributed by atoms with Crippen LogP contribution >= 0.6 is 0 Å². The third kappa shape index (κ3) is 1.98. The summed E-state index contributed by atoms with van der Waals surface area (Å²) in [4.78, 5) is 14.4. The number of ether oxygens (including phenoxy) is 1. The Morgan fingerprint density at radius 1 is 1.47 bits per heavy atom. The summed E-state index contributed by atoms with van der Waals surface area (Å²) in [5, 5.41) is 0. The monoisotopic (exact) mass is 205 g/mol. The minimum atomic E-state index is -0.216. The van der Waals surface area contributed by atoms with Crippen LogP contribution in [0, 0.1) is 0 Å². The topological polar surface area (TPSA) is 46.0 Å². The summed E-state index contributed by atoms with van der Waals surface area (Å²) in [6.45, 7) is 2.47. The van der Waals surface area contributed by atoms with Crippen LogP contribution in [0.25, 0.3) is 11.0 Å². The van der Waals surface area contributed by atoms with Gasteiger partial charge in [-0.05, 0) is 19.1 Å². The van der Waals surface area contributed by atoms with Crippen LogP contribution in [0.5, 0.6) is 0 Å². The molecule has 1 N–H and O–H groups in total. The first-order valence-electron chi connectivity index (χ1n) is 4.92. The molecule has 1 aromatic heterocycles. The van der Waals surface area contributed by atoms with E-state index in [1.165, 1.54) is 0 Å². The molecular weight excluding hydrogens is 192 g/mol. The van der Waals surface area contributed by atoms with Gasteiger partial charge in [-0.1, -0.05) is 12.1 Å². The summed E-state index contributed by atoms with van der Waals surface area (Å²) >= 11 is 0. The summed E-state index contributed by atoms with van der Waals surface area (Å²) in [5.41, 5.74) is 2.02. The van der Waals surface area contributed by atoms with Crippen LogP contribution in [0.4, 0.5) is 0 Å². The normalized spacial score (nSPS) is 10.5. The number of H-pyrrole nitrogens is 1. The molecular formula is C11H13N2O2+. The molecule has 4 nitrogen and oxygen atoms in total. The van der Waals surface area contributed by atoms with Gasteiger partial charge in [0.15, 0.2) is 17.6 Å². The van der Waals surface area contributed by atoms with Gasteiger partial charge in [0.1, 0.15) is 0 Å². The molecule has 0 aliphatic heterocycles. The molecule has 15 heavy (non-hydrogen) atoms. The van der Waals surface area contributed by atoms with Crippen molar-refractivity contribution >= 4 is 17.0 Å². The summed E-state index contributed by atoms with van der Waals surface area (Å²) < 4.78 is 6.73. The van der Waals surface area contributed by atoms with Crippen molar-refractivity contribution in [2.24, 2.45) is 0 Å². The van der Waals surface area contributed by atoms with Gasteiger partial charge < -0.3 is 4.74 Å². The quantitative estimate of drug-likeness (QED) is 0.600. The van der Waals surface area contributed by atoms with Crippen molar-refractivity contribution in [1.82, 2.24) is 4.98 Å². The van der Waals surface area contributed by atoms with E-state index >= 15 is 0 Å². The van der Waals surface area contributed by atoms with Gasteiger partial charge in [0.25, 0.3) is 0 Å². The molecule has 0 atom stereocenters. The molecule has 4 heteroatoms. The SMILES string of the molecule is CCOC(=O)C[n+]1c[nH]c2ccccc21. The average Bonchev–Trinajstić information content (AvgIpc) is 2.62. The van der Waals surface area contributed by atoms with Crippen molar-refractivity contribution in [2.75, 3.05) is 6.61 Å². The second kappa shape index (κ2) is 4.13. The number of benzene rings is 1. The molecule has 1 aromatic carbocycles. The Hall–Kier alpha value is -1.84. The smallest absolute Gasteiger partial charge is 0.348 e. The Morgan fingerprint density at radius 3 is 3.07 bits per heavy atom. The lowest BCUT2D eigenvalue weighted by atomic mass is 10.3. The molecule has 0 unspecified atom stereocenters. The molecule has 0 aliphatic rings.